The average molecular weight is 181 g/mol. The lowest BCUT2D eigenvalue weighted by Crippen LogP contribution is -2.13. The summed E-state index contributed by atoms with van der Waals surface area (Å²) in [5.74, 6) is 0.453. The lowest BCUT2D eigenvalue weighted by Gasteiger charge is -2.09. The van der Waals surface area contributed by atoms with Gasteiger partial charge in [-0.15, -0.1) is 11.6 Å². The lowest BCUT2D eigenvalue weighted by atomic mass is 10.3. The smallest absolute Gasteiger partial charge is 0.155 e. The van der Waals surface area contributed by atoms with Gasteiger partial charge in [-0.25, -0.2) is 0 Å². The molecule has 0 radical (unpaired) electrons. The van der Waals surface area contributed by atoms with Crippen molar-refractivity contribution in [1.82, 2.24) is 0 Å². The van der Waals surface area contributed by atoms with Crippen molar-refractivity contribution in [1.29, 1.82) is 0 Å². The average Bonchev–Trinajstić information content (AvgIpc) is 1.99. The van der Waals surface area contributed by atoms with Gasteiger partial charge in [0.2, 0.25) is 0 Å². The fourth-order valence-corrected chi connectivity index (χ4v) is 0.935. The summed E-state index contributed by atoms with van der Waals surface area (Å²) in [7, 11) is 0. The summed E-state index contributed by atoms with van der Waals surface area (Å²) >= 11 is 5.40. The minimum Gasteiger partial charge on any atom is -0.368 e. The Hall–Kier alpha value is 0.210. The molecule has 3 heteroatoms. The van der Waals surface area contributed by atoms with Crippen molar-refractivity contribution < 1.29 is 9.84 Å². The molecule has 0 aliphatic rings. The van der Waals surface area contributed by atoms with E-state index in [9.17, 15) is 0 Å². The number of aliphatic hydroxyl groups is 1. The Morgan fingerprint density at radius 1 is 1.45 bits per heavy atom. The molecule has 1 atom stereocenters. The van der Waals surface area contributed by atoms with Crippen LogP contribution in [0.2, 0.25) is 0 Å². The lowest BCUT2D eigenvalue weighted by molar-refractivity contribution is -0.100. The van der Waals surface area contributed by atoms with Crippen LogP contribution in [0.3, 0.4) is 0 Å². The minimum atomic E-state index is -0.663. The fourth-order valence-electron chi connectivity index (χ4n) is 0.748. The predicted octanol–water partition coefficient (Wildman–Crippen LogP) is 2.14. The molecule has 0 saturated carbocycles. The Morgan fingerprint density at radius 2 is 2.18 bits per heavy atom. The molecular weight excluding hydrogens is 164 g/mol. The molecule has 0 aliphatic carbocycles. The molecule has 11 heavy (non-hydrogen) atoms. The van der Waals surface area contributed by atoms with E-state index in [0.29, 0.717) is 18.9 Å². The summed E-state index contributed by atoms with van der Waals surface area (Å²) in [6.07, 6.45) is 3.22. The molecule has 0 heterocycles. The third-order valence-electron chi connectivity index (χ3n) is 1.41. The quantitative estimate of drug-likeness (QED) is 0.370. The summed E-state index contributed by atoms with van der Waals surface area (Å²) in [4.78, 5) is 0. The highest BCUT2D eigenvalue weighted by atomic mass is 35.5. The second kappa shape index (κ2) is 8.31. The Balaban J connectivity index is 2.97. The van der Waals surface area contributed by atoms with Crippen LogP contribution < -0.4 is 0 Å². The van der Waals surface area contributed by atoms with Crippen molar-refractivity contribution in [3.8, 4) is 0 Å². The summed E-state index contributed by atoms with van der Waals surface area (Å²) in [5, 5.41) is 9.04. The number of hydrogen-bond donors (Lipinski definition) is 1. The molecule has 0 aliphatic heterocycles. The van der Waals surface area contributed by atoms with Crippen molar-refractivity contribution >= 4 is 11.6 Å². The normalized spacial score (nSPS) is 13.4. The molecule has 68 valence electrons. The largest absolute Gasteiger partial charge is 0.368 e. The molecule has 0 spiro atoms. The van der Waals surface area contributed by atoms with Gasteiger partial charge in [0.05, 0.1) is 0 Å². The first-order valence-electron chi connectivity index (χ1n) is 4.17. The molecule has 0 rings (SSSR count). The molecule has 0 saturated heterocycles. The summed E-state index contributed by atoms with van der Waals surface area (Å²) in [6.45, 7) is 2.78. The van der Waals surface area contributed by atoms with E-state index in [1.165, 1.54) is 6.42 Å². The Labute approximate surface area is 73.5 Å². The molecule has 2 nitrogen and oxygen atoms in total. The predicted molar refractivity (Wildman–Crippen MR) is 46.8 cm³/mol. The van der Waals surface area contributed by atoms with Crippen LogP contribution in [-0.4, -0.2) is 23.9 Å². The van der Waals surface area contributed by atoms with E-state index in [-0.39, 0.29) is 0 Å². The van der Waals surface area contributed by atoms with Gasteiger partial charge in [0.15, 0.2) is 6.29 Å². The standard InChI is InChI=1S/C8H17ClO2/c1-2-3-4-7-11-8(10)5-6-9/h8,10H,2-7H2,1H3. The first-order chi connectivity index (χ1) is 5.31. The molecule has 1 N–H and O–H groups in total. The fraction of sp³-hybridized carbons (Fsp3) is 1.00. The number of ether oxygens (including phenoxy) is 1. The first-order valence-corrected chi connectivity index (χ1v) is 4.70. The van der Waals surface area contributed by atoms with E-state index in [4.69, 9.17) is 21.4 Å². The van der Waals surface area contributed by atoms with Crippen LogP contribution in [0, 0.1) is 0 Å². The Bertz CT molecular complexity index is 78.5. The maximum Gasteiger partial charge on any atom is 0.155 e. The van der Waals surface area contributed by atoms with Gasteiger partial charge in [0, 0.05) is 18.9 Å². The van der Waals surface area contributed by atoms with Gasteiger partial charge < -0.3 is 9.84 Å². The van der Waals surface area contributed by atoms with E-state index >= 15 is 0 Å². The van der Waals surface area contributed by atoms with Crippen molar-refractivity contribution in [3.05, 3.63) is 0 Å². The number of unbranched alkanes of at least 4 members (excludes halogenated alkanes) is 2. The van der Waals surface area contributed by atoms with Crippen molar-refractivity contribution in [2.45, 2.75) is 38.9 Å². The van der Waals surface area contributed by atoms with Gasteiger partial charge in [0.1, 0.15) is 0 Å². The van der Waals surface area contributed by atoms with Crippen LogP contribution in [0.1, 0.15) is 32.6 Å². The van der Waals surface area contributed by atoms with E-state index in [1.807, 2.05) is 0 Å². The van der Waals surface area contributed by atoms with Gasteiger partial charge in [-0.2, -0.15) is 0 Å². The molecule has 0 aromatic carbocycles. The van der Waals surface area contributed by atoms with Gasteiger partial charge in [-0.3, -0.25) is 0 Å². The van der Waals surface area contributed by atoms with E-state index in [1.54, 1.807) is 0 Å². The number of alkyl halides is 1. The monoisotopic (exact) mass is 180 g/mol. The van der Waals surface area contributed by atoms with Gasteiger partial charge >= 0.3 is 0 Å². The van der Waals surface area contributed by atoms with Crippen molar-refractivity contribution in [2.75, 3.05) is 12.5 Å². The number of halogens is 1. The topological polar surface area (TPSA) is 29.5 Å². The maximum absolute atomic E-state index is 9.04. The van der Waals surface area contributed by atoms with Crippen LogP contribution in [0.15, 0.2) is 0 Å². The van der Waals surface area contributed by atoms with Gasteiger partial charge in [-0.1, -0.05) is 19.8 Å². The molecule has 1 unspecified atom stereocenters. The Kier molecular flexibility index (Phi) is 8.47. The van der Waals surface area contributed by atoms with Crippen LogP contribution in [0.5, 0.6) is 0 Å². The van der Waals surface area contributed by atoms with Gasteiger partial charge in [-0.05, 0) is 6.42 Å². The zero-order valence-electron chi connectivity index (χ0n) is 7.05. The summed E-state index contributed by atoms with van der Waals surface area (Å²) < 4.78 is 5.06. The van der Waals surface area contributed by atoms with Crippen LogP contribution >= 0.6 is 11.6 Å². The van der Waals surface area contributed by atoms with E-state index in [0.717, 1.165) is 12.8 Å². The minimum absolute atomic E-state index is 0.453. The Morgan fingerprint density at radius 3 is 2.73 bits per heavy atom. The maximum atomic E-state index is 9.04. The highest BCUT2D eigenvalue weighted by Gasteiger charge is 2.00. The molecule has 0 aromatic heterocycles. The second-order valence-corrected chi connectivity index (χ2v) is 2.89. The molecule has 0 bridgehead atoms. The van der Waals surface area contributed by atoms with Crippen LogP contribution in [-0.2, 0) is 4.74 Å². The first kappa shape index (κ1) is 11.2. The third kappa shape index (κ3) is 8.11. The van der Waals surface area contributed by atoms with Crippen molar-refractivity contribution in [2.24, 2.45) is 0 Å². The molecule has 0 fully saturated rings. The number of hydrogen-bond acceptors (Lipinski definition) is 2. The van der Waals surface area contributed by atoms with Crippen molar-refractivity contribution in [3.63, 3.8) is 0 Å². The summed E-state index contributed by atoms with van der Waals surface area (Å²) in [5.41, 5.74) is 0. The molecular formula is C8H17ClO2. The molecule has 0 aromatic rings. The van der Waals surface area contributed by atoms with E-state index < -0.39 is 6.29 Å². The van der Waals surface area contributed by atoms with E-state index in [2.05, 4.69) is 6.92 Å². The second-order valence-electron chi connectivity index (χ2n) is 2.51. The van der Waals surface area contributed by atoms with Crippen LogP contribution in [0.25, 0.3) is 0 Å². The number of aliphatic hydroxyl groups excluding tert-OH is 1. The SMILES string of the molecule is CCCCCOC(O)CCCl. The molecule has 0 amide bonds. The summed E-state index contributed by atoms with van der Waals surface area (Å²) in [6, 6.07) is 0. The highest BCUT2D eigenvalue weighted by molar-refractivity contribution is 6.17. The van der Waals surface area contributed by atoms with Crippen LogP contribution in [0.4, 0.5) is 0 Å². The number of rotatable bonds is 7. The third-order valence-corrected chi connectivity index (χ3v) is 1.63. The highest BCUT2D eigenvalue weighted by Crippen LogP contribution is 1.99. The zero-order valence-corrected chi connectivity index (χ0v) is 7.81. The van der Waals surface area contributed by atoms with Gasteiger partial charge in [0.25, 0.3) is 0 Å². The zero-order chi connectivity index (χ0) is 8.53.